The highest BCUT2D eigenvalue weighted by molar-refractivity contribution is 8.13. The van der Waals surface area contributed by atoms with Gasteiger partial charge in [-0.15, -0.1) is 0 Å². The lowest BCUT2D eigenvalue weighted by molar-refractivity contribution is -0.137. The van der Waals surface area contributed by atoms with Gasteiger partial charge >= 0.3 is 23.5 Å². The first-order valence-corrected chi connectivity index (χ1v) is 23.6. The molecule has 1 saturated heterocycles. The molecule has 30 heteroatoms. The molecule has 340 valence electrons. The van der Waals surface area contributed by atoms with Crippen molar-refractivity contribution >= 4 is 80.7 Å². The number of benzene rings is 1. The number of thioether (sulfide) groups is 1. The Kier molecular flexibility index (Phi) is 17.0. The van der Waals surface area contributed by atoms with E-state index in [0.717, 1.165) is 29.0 Å². The third-order valence-electron chi connectivity index (χ3n) is 8.41. The van der Waals surface area contributed by atoms with Crippen molar-refractivity contribution in [2.24, 2.45) is 5.41 Å². The van der Waals surface area contributed by atoms with Gasteiger partial charge in [0.05, 0.1) is 19.5 Å². The van der Waals surface area contributed by atoms with E-state index in [4.69, 9.17) is 35.9 Å². The van der Waals surface area contributed by atoms with E-state index in [1.165, 1.54) is 13.8 Å². The van der Waals surface area contributed by atoms with Gasteiger partial charge in [0.2, 0.25) is 16.9 Å². The number of amides is 2. The predicted molar refractivity (Wildman–Crippen MR) is 213 cm³/mol. The van der Waals surface area contributed by atoms with Crippen LogP contribution in [-0.2, 0) is 50.7 Å². The van der Waals surface area contributed by atoms with E-state index < -0.39 is 90.2 Å². The zero-order chi connectivity index (χ0) is 45.6. The fourth-order valence-corrected chi connectivity index (χ4v) is 9.02. The molecule has 2 amide bonds. The molecule has 0 bridgehead atoms. The third kappa shape index (κ3) is 14.7. The summed E-state index contributed by atoms with van der Waals surface area (Å²) in [5.41, 5.74) is 3.06. The standard InChI is InChI=1S/C31H45ClN7O18P3S/c1-30(2,24(42)27(43)35-10-9-20(40)34-11-12-61-29(44)31(3,4)55-18-7-5-17(32)6-8-18)14-53-60(50,51)57-59(48,49)52-13-19-23(56-58(45,46)47)22(41)28(54-19)39-16-38-21-25(33)36-15-37-26(21)39/h5-8,15-16,19,22-24,28,41-42H,9-14H2,1-4H3,(H,34,40)(H,35,43)(H,48,49)(H,50,51)(H2,33,36,37)(H2,45,46,47)/t19-,22-,23-,24+,28-/m1/s1. The normalized spacial score (nSPS) is 21.0. The number of nitrogens with zero attached hydrogens (tertiary/aromatic N) is 4. The minimum Gasteiger partial charge on any atom is -0.479 e. The van der Waals surface area contributed by atoms with Crippen LogP contribution in [0.5, 0.6) is 5.75 Å². The molecular weight excluding hydrogens is 919 g/mol. The Morgan fingerprint density at radius 1 is 1.00 bits per heavy atom. The topological polar surface area (TPSA) is 373 Å². The number of rotatable bonds is 22. The molecule has 1 aliphatic rings. The van der Waals surface area contributed by atoms with Crippen molar-refractivity contribution in [1.82, 2.24) is 30.2 Å². The summed E-state index contributed by atoms with van der Waals surface area (Å²) in [6.45, 7) is 3.52. The summed E-state index contributed by atoms with van der Waals surface area (Å²) in [7, 11) is -16.4. The van der Waals surface area contributed by atoms with E-state index >= 15 is 0 Å². The van der Waals surface area contributed by atoms with Crippen LogP contribution in [0.3, 0.4) is 0 Å². The number of aliphatic hydroxyl groups excluding tert-OH is 2. The lowest BCUT2D eigenvalue weighted by Crippen LogP contribution is -2.46. The van der Waals surface area contributed by atoms with E-state index in [1.807, 2.05) is 0 Å². The minimum atomic E-state index is -5.59. The number of aliphatic hydroxyl groups is 2. The van der Waals surface area contributed by atoms with Crippen LogP contribution in [0.15, 0.2) is 36.9 Å². The van der Waals surface area contributed by atoms with Crippen molar-refractivity contribution in [3.05, 3.63) is 41.9 Å². The number of halogens is 1. The monoisotopic (exact) mass is 963 g/mol. The lowest BCUT2D eigenvalue weighted by atomic mass is 9.87. The van der Waals surface area contributed by atoms with Gasteiger partial charge in [0.25, 0.3) is 0 Å². The van der Waals surface area contributed by atoms with E-state index in [9.17, 15) is 57.9 Å². The van der Waals surface area contributed by atoms with Crippen molar-refractivity contribution in [2.75, 3.05) is 37.8 Å². The summed E-state index contributed by atoms with van der Waals surface area (Å²) in [4.78, 5) is 88.6. The summed E-state index contributed by atoms with van der Waals surface area (Å²) >= 11 is 6.82. The fourth-order valence-electron chi connectivity index (χ4n) is 5.29. The number of phosphoric acid groups is 3. The number of anilines is 1. The van der Waals surface area contributed by atoms with Gasteiger partial charge < -0.3 is 55.6 Å². The summed E-state index contributed by atoms with van der Waals surface area (Å²) in [5.74, 6) is -0.857. The smallest absolute Gasteiger partial charge is 0.479 e. The van der Waals surface area contributed by atoms with Crippen LogP contribution in [0.1, 0.15) is 40.3 Å². The molecule has 25 nitrogen and oxygen atoms in total. The number of nitrogens with two attached hydrogens (primary N) is 1. The molecule has 1 aliphatic heterocycles. The molecule has 61 heavy (non-hydrogen) atoms. The molecular formula is C31H45ClN7O18P3S. The molecule has 7 atom stereocenters. The molecule has 2 unspecified atom stereocenters. The second kappa shape index (κ2) is 20.6. The highest BCUT2D eigenvalue weighted by Crippen LogP contribution is 2.61. The molecule has 1 fully saturated rings. The van der Waals surface area contributed by atoms with E-state index in [0.29, 0.717) is 10.8 Å². The minimum absolute atomic E-state index is 0.0243. The zero-order valence-electron chi connectivity index (χ0n) is 32.7. The number of ether oxygens (including phenoxy) is 2. The maximum Gasteiger partial charge on any atom is 0.481 e. The number of carbonyl (C=O) groups is 3. The molecule has 2 aromatic heterocycles. The molecule has 0 spiro atoms. The number of nitrogen functional groups attached to an aromatic ring is 1. The van der Waals surface area contributed by atoms with E-state index in [-0.39, 0.29) is 47.4 Å². The fraction of sp³-hybridized carbons (Fsp3) is 0.548. The van der Waals surface area contributed by atoms with Crippen LogP contribution in [0.25, 0.3) is 11.2 Å². The van der Waals surface area contributed by atoms with Crippen LogP contribution in [-0.4, -0.2) is 128 Å². The average Bonchev–Trinajstić information content (AvgIpc) is 3.72. The SMILES string of the molecule is CC(C)(Oc1ccc(Cl)cc1)C(=O)SCCNC(=O)CCNC(=O)[C@H](O)C(C)(C)COP(=O)(O)OP(=O)(O)OC[C@H]1O[C@@H](n2cnc3c(N)ncnc32)[C@H](O)[C@@H]1OP(=O)(O)O. The maximum atomic E-state index is 12.7. The van der Waals surface area contributed by atoms with Crippen molar-refractivity contribution in [3.63, 3.8) is 0 Å². The first-order valence-electron chi connectivity index (χ1n) is 17.7. The Morgan fingerprint density at radius 2 is 1.66 bits per heavy atom. The lowest BCUT2D eigenvalue weighted by Gasteiger charge is -2.30. The van der Waals surface area contributed by atoms with Crippen LogP contribution in [0.2, 0.25) is 5.02 Å². The van der Waals surface area contributed by atoms with E-state index in [2.05, 4.69) is 34.4 Å². The van der Waals surface area contributed by atoms with E-state index in [1.54, 1.807) is 38.1 Å². The Labute approximate surface area is 356 Å². The van der Waals surface area contributed by atoms with Gasteiger partial charge in [0.1, 0.15) is 42.0 Å². The Morgan fingerprint density at radius 3 is 2.31 bits per heavy atom. The maximum absolute atomic E-state index is 12.7. The number of aromatic nitrogens is 4. The van der Waals surface area contributed by atoms with Crippen LogP contribution < -0.4 is 21.1 Å². The third-order valence-corrected chi connectivity index (χ3v) is 12.9. The van der Waals surface area contributed by atoms with Crippen molar-refractivity contribution in [1.29, 1.82) is 0 Å². The molecule has 4 rings (SSSR count). The number of carbonyl (C=O) groups excluding carboxylic acids is 3. The van der Waals surface area contributed by atoms with Gasteiger partial charge in [-0.1, -0.05) is 37.2 Å². The second-order valence-electron chi connectivity index (χ2n) is 14.3. The number of hydrogen-bond donors (Lipinski definition) is 9. The Balaban J connectivity index is 1.20. The molecule has 3 aromatic rings. The molecule has 10 N–H and O–H groups in total. The van der Waals surface area contributed by atoms with Crippen molar-refractivity contribution in [3.8, 4) is 5.75 Å². The number of nitrogens with one attached hydrogen (secondary N) is 2. The molecule has 1 aromatic carbocycles. The number of fused-ring (bicyclic) bond motifs is 1. The van der Waals surface area contributed by atoms with Crippen molar-refractivity contribution in [2.45, 2.75) is 70.4 Å². The predicted octanol–water partition coefficient (Wildman–Crippen LogP) is 1.18. The van der Waals surface area contributed by atoms with Crippen molar-refractivity contribution < 1.29 is 85.2 Å². The summed E-state index contributed by atoms with van der Waals surface area (Å²) in [6, 6.07) is 6.50. The summed E-state index contributed by atoms with van der Waals surface area (Å²) in [6.07, 6.45) is -7.03. The first-order chi connectivity index (χ1) is 28.2. The number of phosphoric ester groups is 3. The summed E-state index contributed by atoms with van der Waals surface area (Å²) < 4.78 is 68.0. The van der Waals surface area contributed by atoms with Gasteiger partial charge in [0.15, 0.2) is 23.3 Å². The van der Waals surface area contributed by atoms with Crippen LogP contribution in [0.4, 0.5) is 5.82 Å². The molecule has 0 saturated carbocycles. The largest absolute Gasteiger partial charge is 0.481 e. The van der Waals surface area contributed by atoms with Crippen LogP contribution >= 0.6 is 46.8 Å². The second-order valence-corrected chi connectivity index (χ2v) is 20.0. The van der Waals surface area contributed by atoms with Gasteiger partial charge in [-0.05, 0) is 38.1 Å². The Hall–Kier alpha value is -3.13. The first kappa shape index (κ1) is 50.5. The quantitative estimate of drug-likeness (QED) is 0.0504. The van der Waals surface area contributed by atoms with Gasteiger partial charge in [-0.3, -0.25) is 32.5 Å². The zero-order valence-corrected chi connectivity index (χ0v) is 36.9. The Bertz CT molecular complexity index is 2180. The highest BCUT2D eigenvalue weighted by atomic mass is 35.5. The van der Waals surface area contributed by atoms with Gasteiger partial charge in [-0.2, -0.15) is 4.31 Å². The molecule has 3 heterocycles. The average molecular weight is 964 g/mol. The van der Waals surface area contributed by atoms with Gasteiger partial charge in [0, 0.05) is 35.7 Å². The number of hydrogen-bond acceptors (Lipinski definition) is 19. The summed E-state index contributed by atoms with van der Waals surface area (Å²) in [5, 5.41) is 26.7. The molecule has 0 radical (unpaired) electrons. The number of imidazole rings is 1. The van der Waals surface area contributed by atoms with Gasteiger partial charge in [-0.25, -0.2) is 28.6 Å². The van der Waals surface area contributed by atoms with Crippen LogP contribution in [0, 0.1) is 5.41 Å². The highest BCUT2D eigenvalue weighted by Gasteiger charge is 2.50. The molecule has 0 aliphatic carbocycles.